The second-order valence-electron chi connectivity index (χ2n) is 3.13. The summed E-state index contributed by atoms with van der Waals surface area (Å²) in [4.78, 5) is 11.6. The fourth-order valence-electron chi connectivity index (χ4n) is 1.06. The Morgan fingerprint density at radius 1 is 1.47 bits per heavy atom. The number of nitrogen functional groups attached to an aromatic ring is 2. The molecule has 0 saturated carbocycles. The number of hydrogen-bond acceptors (Lipinski definition) is 4. The van der Waals surface area contributed by atoms with Crippen LogP contribution in [0.15, 0.2) is 23.1 Å². The number of rotatable bonds is 4. The van der Waals surface area contributed by atoms with Gasteiger partial charge in [0, 0.05) is 35.5 Å². The molecular weight excluding hydrogens is 210 g/mol. The molecule has 1 rings (SSSR count). The van der Waals surface area contributed by atoms with Crippen LogP contribution in [0.25, 0.3) is 0 Å². The summed E-state index contributed by atoms with van der Waals surface area (Å²) in [7, 11) is 0. The highest BCUT2D eigenvalue weighted by Gasteiger charge is 2.00. The molecule has 1 amide bonds. The lowest BCUT2D eigenvalue weighted by Crippen LogP contribution is -2.22. The van der Waals surface area contributed by atoms with Crippen LogP contribution in [0.1, 0.15) is 6.92 Å². The van der Waals surface area contributed by atoms with E-state index < -0.39 is 0 Å². The summed E-state index contributed by atoms with van der Waals surface area (Å²) in [5.74, 6) is 0.767. The molecule has 5 heteroatoms. The molecule has 0 radical (unpaired) electrons. The van der Waals surface area contributed by atoms with Crippen LogP contribution >= 0.6 is 11.8 Å². The number of carbonyl (C=O) groups excluding carboxylic acids is 1. The smallest absolute Gasteiger partial charge is 0.216 e. The number of thioether (sulfide) groups is 1. The molecule has 0 unspecified atom stereocenters. The number of carbonyl (C=O) groups is 1. The minimum atomic E-state index is -0.0175. The summed E-state index contributed by atoms with van der Waals surface area (Å²) < 4.78 is 0. The third-order valence-electron chi connectivity index (χ3n) is 1.77. The first-order valence-corrected chi connectivity index (χ1v) is 5.60. The van der Waals surface area contributed by atoms with Crippen LogP contribution in [0.5, 0.6) is 0 Å². The van der Waals surface area contributed by atoms with Gasteiger partial charge >= 0.3 is 0 Å². The molecule has 1 aromatic carbocycles. The second kappa shape index (κ2) is 5.50. The van der Waals surface area contributed by atoms with Crippen LogP contribution in [-0.4, -0.2) is 18.2 Å². The van der Waals surface area contributed by atoms with Crippen LogP contribution < -0.4 is 16.8 Å². The number of benzene rings is 1. The Kier molecular flexibility index (Phi) is 4.30. The zero-order valence-corrected chi connectivity index (χ0v) is 9.43. The molecule has 5 N–H and O–H groups in total. The zero-order valence-electron chi connectivity index (χ0n) is 8.62. The van der Waals surface area contributed by atoms with Gasteiger partial charge in [-0.1, -0.05) is 0 Å². The van der Waals surface area contributed by atoms with Crippen molar-refractivity contribution in [3.8, 4) is 0 Å². The Morgan fingerprint density at radius 2 is 2.20 bits per heavy atom. The van der Waals surface area contributed by atoms with Crippen molar-refractivity contribution < 1.29 is 4.79 Å². The Bertz CT molecular complexity index is 355. The Balaban J connectivity index is 2.43. The van der Waals surface area contributed by atoms with Crippen molar-refractivity contribution in [2.75, 3.05) is 23.8 Å². The normalized spacial score (nSPS) is 9.93. The average molecular weight is 225 g/mol. The van der Waals surface area contributed by atoms with Crippen LogP contribution in [0, 0.1) is 0 Å². The van der Waals surface area contributed by atoms with E-state index in [1.807, 2.05) is 6.07 Å². The molecule has 0 aromatic heterocycles. The maximum Gasteiger partial charge on any atom is 0.216 e. The van der Waals surface area contributed by atoms with Gasteiger partial charge in [-0.25, -0.2) is 0 Å². The van der Waals surface area contributed by atoms with Crippen molar-refractivity contribution in [2.45, 2.75) is 11.8 Å². The second-order valence-corrected chi connectivity index (χ2v) is 4.27. The van der Waals surface area contributed by atoms with E-state index in [9.17, 15) is 4.79 Å². The SMILES string of the molecule is CC(=O)NCCSc1cc(N)ccc1N. The molecule has 0 atom stereocenters. The summed E-state index contributed by atoms with van der Waals surface area (Å²) in [6, 6.07) is 5.40. The maximum absolute atomic E-state index is 10.6. The quantitative estimate of drug-likeness (QED) is 0.407. The van der Waals surface area contributed by atoms with Crippen LogP contribution in [0.3, 0.4) is 0 Å². The van der Waals surface area contributed by atoms with Gasteiger partial charge in [-0.05, 0) is 18.2 Å². The fourth-order valence-corrected chi connectivity index (χ4v) is 1.94. The van der Waals surface area contributed by atoms with Gasteiger partial charge in [0.2, 0.25) is 5.91 Å². The number of nitrogens with two attached hydrogens (primary N) is 2. The van der Waals surface area contributed by atoms with Crippen molar-refractivity contribution in [3.63, 3.8) is 0 Å². The molecule has 4 nitrogen and oxygen atoms in total. The average Bonchev–Trinajstić information content (AvgIpc) is 2.17. The summed E-state index contributed by atoms with van der Waals surface area (Å²) in [5, 5.41) is 2.72. The number of anilines is 2. The Hall–Kier alpha value is -1.36. The van der Waals surface area contributed by atoms with Gasteiger partial charge in [0.25, 0.3) is 0 Å². The predicted octanol–water partition coefficient (Wildman–Crippen LogP) is 1.08. The molecule has 0 aliphatic rings. The number of hydrogen-bond donors (Lipinski definition) is 3. The van der Waals surface area contributed by atoms with E-state index in [2.05, 4.69) is 5.32 Å². The highest BCUT2D eigenvalue weighted by Crippen LogP contribution is 2.26. The molecule has 15 heavy (non-hydrogen) atoms. The maximum atomic E-state index is 10.6. The van der Waals surface area contributed by atoms with Crippen molar-refractivity contribution >= 4 is 29.0 Å². The molecule has 1 aromatic rings. The summed E-state index contributed by atoms with van der Waals surface area (Å²) >= 11 is 1.58. The van der Waals surface area contributed by atoms with E-state index in [4.69, 9.17) is 11.5 Å². The third kappa shape index (κ3) is 4.12. The van der Waals surface area contributed by atoms with Gasteiger partial charge in [-0.2, -0.15) is 0 Å². The van der Waals surface area contributed by atoms with Crippen LogP contribution in [0.4, 0.5) is 11.4 Å². The molecule has 0 fully saturated rings. The lowest BCUT2D eigenvalue weighted by molar-refractivity contribution is -0.118. The first kappa shape index (κ1) is 11.7. The monoisotopic (exact) mass is 225 g/mol. The van der Waals surface area contributed by atoms with E-state index in [1.165, 1.54) is 6.92 Å². The van der Waals surface area contributed by atoms with Crippen LogP contribution in [-0.2, 0) is 4.79 Å². The van der Waals surface area contributed by atoms with Crippen molar-refractivity contribution in [1.82, 2.24) is 5.32 Å². The van der Waals surface area contributed by atoms with Gasteiger partial charge in [0.05, 0.1) is 0 Å². The zero-order chi connectivity index (χ0) is 11.3. The van der Waals surface area contributed by atoms with Gasteiger partial charge in [0.1, 0.15) is 0 Å². The van der Waals surface area contributed by atoms with E-state index in [0.717, 1.165) is 16.3 Å². The topological polar surface area (TPSA) is 81.1 Å². The van der Waals surface area contributed by atoms with Gasteiger partial charge in [-0.15, -0.1) is 11.8 Å². The minimum Gasteiger partial charge on any atom is -0.399 e. The fraction of sp³-hybridized carbons (Fsp3) is 0.300. The molecule has 0 spiro atoms. The molecule has 0 aliphatic carbocycles. The molecule has 82 valence electrons. The van der Waals surface area contributed by atoms with Crippen molar-refractivity contribution in [3.05, 3.63) is 18.2 Å². The standard InChI is InChI=1S/C10H15N3OS/c1-7(14)13-4-5-15-10-6-8(11)2-3-9(10)12/h2-3,6H,4-5,11-12H2,1H3,(H,13,14). The van der Waals surface area contributed by atoms with Gasteiger partial charge < -0.3 is 16.8 Å². The van der Waals surface area contributed by atoms with Crippen molar-refractivity contribution in [2.24, 2.45) is 0 Å². The van der Waals surface area contributed by atoms with Crippen LogP contribution in [0.2, 0.25) is 0 Å². The van der Waals surface area contributed by atoms with Gasteiger partial charge in [0.15, 0.2) is 0 Å². The van der Waals surface area contributed by atoms with E-state index in [-0.39, 0.29) is 5.91 Å². The van der Waals surface area contributed by atoms with E-state index >= 15 is 0 Å². The Morgan fingerprint density at radius 3 is 2.87 bits per heavy atom. The van der Waals surface area contributed by atoms with E-state index in [0.29, 0.717) is 12.2 Å². The first-order chi connectivity index (χ1) is 7.09. The van der Waals surface area contributed by atoms with Gasteiger partial charge in [-0.3, -0.25) is 4.79 Å². The molecule has 0 aliphatic heterocycles. The highest BCUT2D eigenvalue weighted by molar-refractivity contribution is 7.99. The molecule has 0 bridgehead atoms. The predicted molar refractivity (Wildman–Crippen MR) is 64.7 cm³/mol. The molecule has 0 saturated heterocycles. The first-order valence-electron chi connectivity index (χ1n) is 4.62. The summed E-state index contributed by atoms with van der Waals surface area (Å²) in [6.45, 7) is 2.13. The number of amides is 1. The summed E-state index contributed by atoms with van der Waals surface area (Å²) in [5.41, 5.74) is 12.8. The van der Waals surface area contributed by atoms with E-state index in [1.54, 1.807) is 23.9 Å². The summed E-state index contributed by atoms with van der Waals surface area (Å²) in [6.07, 6.45) is 0. The third-order valence-corrected chi connectivity index (χ3v) is 2.84. The molecular formula is C10H15N3OS. The number of nitrogens with one attached hydrogen (secondary N) is 1. The highest BCUT2D eigenvalue weighted by atomic mass is 32.2. The van der Waals surface area contributed by atoms with Crippen molar-refractivity contribution in [1.29, 1.82) is 0 Å². The Labute approximate surface area is 93.4 Å². The molecule has 0 heterocycles. The largest absolute Gasteiger partial charge is 0.399 e. The minimum absolute atomic E-state index is 0.0175. The lowest BCUT2D eigenvalue weighted by atomic mass is 10.3. The lowest BCUT2D eigenvalue weighted by Gasteiger charge is -2.06.